The Bertz CT molecular complexity index is 303. The maximum atomic E-state index is 13.1. The Labute approximate surface area is 77.8 Å². The Hall–Kier alpha value is -1.05. The molecule has 1 aliphatic carbocycles. The second-order valence-corrected chi connectivity index (χ2v) is 3.76. The van der Waals surface area contributed by atoms with Gasteiger partial charge in [0, 0.05) is 0 Å². The van der Waals surface area contributed by atoms with E-state index in [1.165, 1.54) is 25.7 Å². The number of benzene rings is 1. The number of nitrogen functional groups attached to an aromatic ring is 1. The van der Waals surface area contributed by atoms with Crippen LogP contribution >= 0.6 is 0 Å². The molecule has 1 aromatic rings. The number of halogens is 1. The zero-order valence-electron chi connectivity index (χ0n) is 7.59. The average molecular weight is 179 g/mol. The number of hydrogen-bond donors (Lipinski definition) is 1. The lowest BCUT2D eigenvalue weighted by Crippen LogP contribution is -1.96. The summed E-state index contributed by atoms with van der Waals surface area (Å²) in [6.07, 6.45) is 4.94. The Morgan fingerprint density at radius 1 is 1.23 bits per heavy atom. The molecule has 0 unspecified atom stereocenters. The molecule has 2 heteroatoms. The molecule has 0 saturated heterocycles. The molecule has 0 aliphatic heterocycles. The summed E-state index contributed by atoms with van der Waals surface area (Å²) in [4.78, 5) is 0. The number of anilines is 1. The fraction of sp³-hybridized carbons (Fsp3) is 0.455. The molecule has 2 N–H and O–H groups in total. The average Bonchev–Trinajstić information content (AvgIpc) is 2.62. The molecule has 1 aromatic carbocycles. The van der Waals surface area contributed by atoms with Crippen LogP contribution in [0.25, 0.3) is 0 Å². The van der Waals surface area contributed by atoms with Gasteiger partial charge in [-0.05, 0) is 36.5 Å². The van der Waals surface area contributed by atoms with Crippen LogP contribution in [0.1, 0.15) is 37.2 Å². The van der Waals surface area contributed by atoms with Crippen molar-refractivity contribution in [2.45, 2.75) is 31.6 Å². The van der Waals surface area contributed by atoms with Crippen molar-refractivity contribution in [2.24, 2.45) is 0 Å². The quantitative estimate of drug-likeness (QED) is 0.659. The minimum absolute atomic E-state index is 0.252. The lowest BCUT2D eigenvalue weighted by molar-refractivity contribution is 0.623. The summed E-state index contributed by atoms with van der Waals surface area (Å²) in [6.45, 7) is 0. The molecule has 1 saturated carbocycles. The summed E-state index contributed by atoms with van der Waals surface area (Å²) in [6, 6.07) is 5.21. The summed E-state index contributed by atoms with van der Waals surface area (Å²) >= 11 is 0. The van der Waals surface area contributed by atoms with E-state index in [9.17, 15) is 4.39 Å². The highest BCUT2D eigenvalue weighted by Crippen LogP contribution is 2.34. The van der Waals surface area contributed by atoms with Crippen molar-refractivity contribution in [3.8, 4) is 0 Å². The van der Waals surface area contributed by atoms with Crippen molar-refractivity contribution in [2.75, 3.05) is 5.73 Å². The minimum atomic E-state index is -0.274. The van der Waals surface area contributed by atoms with E-state index in [1.54, 1.807) is 12.1 Å². The molecular formula is C11H14FN. The first-order chi connectivity index (χ1) is 6.27. The third kappa shape index (κ3) is 1.67. The van der Waals surface area contributed by atoms with Crippen molar-refractivity contribution in [3.63, 3.8) is 0 Å². The third-order valence-corrected chi connectivity index (χ3v) is 2.85. The molecule has 0 spiro atoms. The summed E-state index contributed by atoms with van der Waals surface area (Å²) < 4.78 is 13.1. The highest BCUT2D eigenvalue weighted by Gasteiger charge is 2.17. The van der Waals surface area contributed by atoms with Gasteiger partial charge in [0.25, 0.3) is 0 Å². The SMILES string of the molecule is Nc1ccc(C2CCCC2)cc1F. The first-order valence-electron chi connectivity index (χ1n) is 4.82. The molecule has 0 aromatic heterocycles. The zero-order valence-corrected chi connectivity index (χ0v) is 7.59. The molecule has 1 aliphatic rings. The molecule has 1 nitrogen and oxygen atoms in total. The molecule has 2 rings (SSSR count). The summed E-state index contributed by atoms with van der Waals surface area (Å²) in [5.41, 5.74) is 6.78. The second kappa shape index (κ2) is 3.36. The predicted octanol–water partition coefficient (Wildman–Crippen LogP) is 3.07. The fourth-order valence-electron chi connectivity index (χ4n) is 2.06. The molecule has 13 heavy (non-hydrogen) atoms. The Balaban J connectivity index is 2.25. The van der Waals surface area contributed by atoms with E-state index in [1.807, 2.05) is 6.07 Å². The van der Waals surface area contributed by atoms with E-state index in [0.717, 1.165) is 5.56 Å². The van der Waals surface area contributed by atoms with Crippen LogP contribution in [0.3, 0.4) is 0 Å². The van der Waals surface area contributed by atoms with E-state index in [4.69, 9.17) is 5.73 Å². The van der Waals surface area contributed by atoms with Gasteiger partial charge in [0.2, 0.25) is 0 Å². The van der Waals surface area contributed by atoms with Gasteiger partial charge in [0.15, 0.2) is 0 Å². The molecule has 70 valence electrons. The summed E-state index contributed by atoms with van der Waals surface area (Å²) in [5, 5.41) is 0. The molecule has 0 heterocycles. The Morgan fingerprint density at radius 2 is 1.92 bits per heavy atom. The van der Waals surface area contributed by atoms with Crippen LogP contribution in [0.5, 0.6) is 0 Å². The highest BCUT2D eigenvalue weighted by molar-refractivity contribution is 5.42. The Morgan fingerprint density at radius 3 is 2.54 bits per heavy atom. The van der Waals surface area contributed by atoms with Gasteiger partial charge in [-0.25, -0.2) is 4.39 Å². The van der Waals surface area contributed by atoms with Crippen LogP contribution < -0.4 is 5.73 Å². The van der Waals surface area contributed by atoms with Gasteiger partial charge in [-0.3, -0.25) is 0 Å². The van der Waals surface area contributed by atoms with Gasteiger partial charge in [-0.15, -0.1) is 0 Å². The normalized spacial score (nSPS) is 17.9. The molecule has 0 radical (unpaired) electrons. The van der Waals surface area contributed by atoms with E-state index in [0.29, 0.717) is 5.92 Å². The first-order valence-corrected chi connectivity index (χ1v) is 4.82. The van der Waals surface area contributed by atoms with Crippen molar-refractivity contribution in [1.82, 2.24) is 0 Å². The van der Waals surface area contributed by atoms with Crippen LogP contribution in [0.15, 0.2) is 18.2 Å². The number of hydrogen-bond acceptors (Lipinski definition) is 1. The molecule has 0 amide bonds. The van der Waals surface area contributed by atoms with Gasteiger partial charge < -0.3 is 5.73 Å². The maximum Gasteiger partial charge on any atom is 0.146 e. The van der Waals surface area contributed by atoms with Crippen LogP contribution in [0, 0.1) is 5.82 Å². The van der Waals surface area contributed by atoms with E-state index >= 15 is 0 Å². The third-order valence-electron chi connectivity index (χ3n) is 2.85. The van der Waals surface area contributed by atoms with E-state index < -0.39 is 0 Å². The topological polar surface area (TPSA) is 26.0 Å². The smallest absolute Gasteiger partial charge is 0.146 e. The van der Waals surface area contributed by atoms with Crippen LogP contribution in [0.2, 0.25) is 0 Å². The fourth-order valence-corrected chi connectivity index (χ4v) is 2.06. The lowest BCUT2D eigenvalue weighted by Gasteiger charge is -2.09. The summed E-state index contributed by atoms with van der Waals surface area (Å²) in [7, 11) is 0. The van der Waals surface area contributed by atoms with Crippen molar-refractivity contribution < 1.29 is 4.39 Å². The van der Waals surface area contributed by atoms with Crippen molar-refractivity contribution >= 4 is 5.69 Å². The van der Waals surface area contributed by atoms with Crippen molar-refractivity contribution in [3.05, 3.63) is 29.6 Å². The molecule has 0 atom stereocenters. The van der Waals surface area contributed by atoms with E-state index in [-0.39, 0.29) is 11.5 Å². The van der Waals surface area contributed by atoms with Crippen LogP contribution in [0.4, 0.5) is 10.1 Å². The maximum absolute atomic E-state index is 13.1. The number of nitrogens with two attached hydrogens (primary N) is 1. The zero-order chi connectivity index (χ0) is 9.26. The van der Waals surface area contributed by atoms with Gasteiger partial charge in [0.05, 0.1) is 5.69 Å². The minimum Gasteiger partial charge on any atom is -0.396 e. The van der Waals surface area contributed by atoms with Crippen molar-refractivity contribution in [1.29, 1.82) is 0 Å². The monoisotopic (exact) mass is 179 g/mol. The van der Waals surface area contributed by atoms with E-state index in [2.05, 4.69) is 0 Å². The van der Waals surface area contributed by atoms with Crippen LogP contribution in [-0.4, -0.2) is 0 Å². The summed E-state index contributed by atoms with van der Waals surface area (Å²) in [5.74, 6) is 0.291. The largest absolute Gasteiger partial charge is 0.396 e. The standard InChI is InChI=1S/C11H14FN/c12-10-7-9(5-6-11(10)13)8-3-1-2-4-8/h5-8H,1-4,13H2. The second-order valence-electron chi connectivity index (χ2n) is 3.76. The highest BCUT2D eigenvalue weighted by atomic mass is 19.1. The Kier molecular flexibility index (Phi) is 2.21. The van der Waals surface area contributed by atoms with Gasteiger partial charge in [-0.1, -0.05) is 18.9 Å². The van der Waals surface area contributed by atoms with Gasteiger partial charge >= 0.3 is 0 Å². The van der Waals surface area contributed by atoms with Gasteiger partial charge in [-0.2, -0.15) is 0 Å². The molecule has 1 fully saturated rings. The molecular weight excluding hydrogens is 165 g/mol. The van der Waals surface area contributed by atoms with Crippen LogP contribution in [-0.2, 0) is 0 Å². The van der Waals surface area contributed by atoms with Gasteiger partial charge in [0.1, 0.15) is 5.82 Å². The molecule has 0 bridgehead atoms. The lowest BCUT2D eigenvalue weighted by atomic mass is 9.97. The predicted molar refractivity (Wildman–Crippen MR) is 52.0 cm³/mol. The number of rotatable bonds is 1. The first kappa shape index (κ1) is 8.54.